The van der Waals surface area contributed by atoms with Crippen molar-refractivity contribution in [2.75, 3.05) is 6.54 Å². The number of carbonyl (C=O) groups is 1. The number of benzene rings is 3. The molecule has 0 saturated heterocycles. The van der Waals surface area contributed by atoms with Crippen LogP contribution >= 0.6 is 0 Å². The van der Waals surface area contributed by atoms with Crippen LogP contribution in [-0.4, -0.2) is 17.4 Å². The van der Waals surface area contributed by atoms with E-state index in [0.717, 1.165) is 16.7 Å². The monoisotopic (exact) mass is 413 g/mol. The number of aryl methyl sites for hydroxylation is 1. The molecule has 1 atom stereocenters. The third kappa shape index (κ3) is 3.32. The van der Waals surface area contributed by atoms with Gasteiger partial charge in [0, 0.05) is 6.54 Å². The Balaban J connectivity index is 1.66. The average molecular weight is 413 g/mol. The number of amides is 1. The fourth-order valence-electron chi connectivity index (χ4n) is 4.21. The maximum absolute atomic E-state index is 13.8. The first-order chi connectivity index (χ1) is 15.0. The van der Waals surface area contributed by atoms with Crippen LogP contribution in [0.5, 0.6) is 0 Å². The molecule has 2 heterocycles. The van der Waals surface area contributed by atoms with Crippen molar-refractivity contribution in [3.05, 3.63) is 117 Å². The Bertz CT molecular complexity index is 1340. The van der Waals surface area contributed by atoms with E-state index < -0.39 is 11.9 Å². The van der Waals surface area contributed by atoms with Crippen LogP contribution in [0.1, 0.15) is 38.9 Å². The summed E-state index contributed by atoms with van der Waals surface area (Å²) in [5.41, 5.74) is 3.13. The van der Waals surface area contributed by atoms with Crippen molar-refractivity contribution in [3.8, 4) is 0 Å². The third-order valence-electron chi connectivity index (χ3n) is 5.81. The molecule has 154 valence electrons. The minimum absolute atomic E-state index is 0.0442. The van der Waals surface area contributed by atoms with E-state index in [0.29, 0.717) is 13.0 Å². The third-order valence-corrected chi connectivity index (χ3v) is 5.81. The first-order valence-corrected chi connectivity index (χ1v) is 10.2. The highest BCUT2D eigenvalue weighted by atomic mass is 19.1. The highest BCUT2D eigenvalue weighted by molar-refractivity contribution is 5.99. The largest absolute Gasteiger partial charge is 0.450 e. The molecule has 1 amide bonds. The van der Waals surface area contributed by atoms with Gasteiger partial charge in [0.1, 0.15) is 11.4 Å². The molecule has 4 aromatic rings. The summed E-state index contributed by atoms with van der Waals surface area (Å²) in [6, 6.07) is 20.9. The lowest BCUT2D eigenvalue weighted by Gasteiger charge is -2.25. The maximum Gasteiger partial charge on any atom is 0.290 e. The molecule has 0 N–H and O–H groups in total. The van der Waals surface area contributed by atoms with Gasteiger partial charge in [0.15, 0.2) is 5.43 Å². The van der Waals surface area contributed by atoms with E-state index in [-0.39, 0.29) is 33.6 Å². The van der Waals surface area contributed by atoms with E-state index in [2.05, 4.69) is 0 Å². The molecule has 5 rings (SSSR count). The SMILES string of the molecule is Cc1ccc(C2c3c(oc4ccc(F)cc4c3=O)C(=O)N2CCc2ccccc2)cc1. The van der Waals surface area contributed by atoms with Crippen molar-refractivity contribution >= 4 is 16.9 Å². The first kappa shape index (κ1) is 19.2. The van der Waals surface area contributed by atoms with Crippen molar-refractivity contribution in [3.63, 3.8) is 0 Å². The van der Waals surface area contributed by atoms with Crippen LogP contribution in [0.15, 0.2) is 82.0 Å². The molecule has 0 saturated carbocycles. The fraction of sp³-hybridized carbons (Fsp3) is 0.154. The first-order valence-electron chi connectivity index (χ1n) is 10.2. The summed E-state index contributed by atoms with van der Waals surface area (Å²) in [7, 11) is 0. The van der Waals surface area contributed by atoms with E-state index in [1.54, 1.807) is 4.90 Å². The predicted octanol–water partition coefficient (Wildman–Crippen LogP) is 5.03. The van der Waals surface area contributed by atoms with Crippen LogP contribution in [0, 0.1) is 12.7 Å². The van der Waals surface area contributed by atoms with Gasteiger partial charge in [0.05, 0.1) is 17.0 Å². The summed E-state index contributed by atoms with van der Waals surface area (Å²) in [6.07, 6.45) is 0.644. The second-order valence-electron chi connectivity index (χ2n) is 7.86. The number of halogens is 1. The molecule has 1 aromatic heterocycles. The van der Waals surface area contributed by atoms with E-state index in [9.17, 15) is 14.0 Å². The second-order valence-corrected chi connectivity index (χ2v) is 7.86. The number of carbonyl (C=O) groups excluding carboxylic acids is 1. The fourth-order valence-corrected chi connectivity index (χ4v) is 4.21. The summed E-state index contributed by atoms with van der Waals surface area (Å²) in [4.78, 5) is 28.4. The lowest BCUT2D eigenvalue weighted by molar-refractivity contribution is 0.0730. The van der Waals surface area contributed by atoms with Gasteiger partial charge in [-0.25, -0.2) is 4.39 Å². The molecule has 1 aliphatic rings. The van der Waals surface area contributed by atoms with Crippen LogP contribution in [0.3, 0.4) is 0 Å². The second kappa shape index (κ2) is 7.51. The molecule has 4 nitrogen and oxygen atoms in total. The van der Waals surface area contributed by atoms with Crippen LogP contribution in [0.2, 0.25) is 0 Å². The van der Waals surface area contributed by atoms with Crippen LogP contribution in [0.25, 0.3) is 11.0 Å². The number of rotatable bonds is 4. The van der Waals surface area contributed by atoms with Crippen molar-refractivity contribution < 1.29 is 13.6 Å². The number of nitrogens with zero attached hydrogens (tertiary/aromatic N) is 1. The van der Waals surface area contributed by atoms with Gasteiger partial charge >= 0.3 is 0 Å². The Morgan fingerprint density at radius 3 is 2.45 bits per heavy atom. The van der Waals surface area contributed by atoms with Crippen LogP contribution < -0.4 is 5.43 Å². The Morgan fingerprint density at radius 1 is 0.968 bits per heavy atom. The molecule has 0 radical (unpaired) electrons. The van der Waals surface area contributed by atoms with Gasteiger partial charge < -0.3 is 9.32 Å². The summed E-state index contributed by atoms with van der Waals surface area (Å²) < 4.78 is 19.7. The summed E-state index contributed by atoms with van der Waals surface area (Å²) >= 11 is 0. The van der Waals surface area contributed by atoms with Crippen molar-refractivity contribution in [2.45, 2.75) is 19.4 Å². The molecule has 1 aliphatic heterocycles. The molecule has 0 aliphatic carbocycles. The van der Waals surface area contributed by atoms with Crippen LogP contribution in [-0.2, 0) is 6.42 Å². The normalized spacial score (nSPS) is 15.5. The molecular weight excluding hydrogens is 393 g/mol. The smallest absolute Gasteiger partial charge is 0.290 e. The van der Waals surface area contributed by atoms with Crippen molar-refractivity contribution in [1.29, 1.82) is 0 Å². The lowest BCUT2D eigenvalue weighted by atomic mass is 9.97. The predicted molar refractivity (Wildman–Crippen MR) is 117 cm³/mol. The van der Waals surface area contributed by atoms with Gasteiger partial charge in [-0.3, -0.25) is 9.59 Å². The van der Waals surface area contributed by atoms with Gasteiger partial charge in [0.2, 0.25) is 5.76 Å². The Kier molecular flexibility index (Phi) is 4.66. The van der Waals surface area contributed by atoms with Gasteiger partial charge in [-0.2, -0.15) is 0 Å². The van der Waals surface area contributed by atoms with Crippen molar-refractivity contribution in [1.82, 2.24) is 4.90 Å². The molecule has 3 aromatic carbocycles. The standard InChI is InChI=1S/C26H20FNO3/c1-16-7-9-18(10-8-16)23-22-24(29)20-15-19(27)11-12-21(20)31-25(22)26(30)28(23)14-13-17-5-3-2-4-6-17/h2-12,15,23H,13-14H2,1H3. The minimum Gasteiger partial charge on any atom is -0.450 e. The quantitative estimate of drug-likeness (QED) is 0.472. The summed E-state index contributed by atoms with van der Waals surface area (Å²) in [5.74, 6) is -0.792. The zero-order valence-electron chi connectivity index (χ0n) is 17.0. The summed E-state index contributed by atoms with van der Waals surface area (Å²) in [6.45, 7) is 2.41. The molecule has 0 bridgehead atoms. The van der Waals surface area contributed by atoms with E-state index in [4.69, 9.17) is 4.42 Å². The van der Waals surface area contributed by atoms with E-state index in [1.165, 1.54) is 18.2 Å². The topological polar surface area (TPSA) is 50.5 Å². The number of hydrogen-bond acceptors (Lipinski definition) is 3. The highest BCUT2D eigenvalue weighted by Crippen LogP contribution is 2.38. The molecule has 31 heavy (non-hydrogen) atoms. The van der Waals surface area contributed by atoms with Gasteiger partial charge in [-0.15, -0.1) is 0 Å². The Labute approximate surface area is 178 Å². The molecular formula is C26H20FNO3. The van der Waals surface area contributed by atoms with Crippen LogP contribution in [0.4, 0.5) is 4.39 Å². The zero-order chi connectivity index (χ0) is 21.5. The Morgan fingerprint density at radius 2 is 1.71 bits per heavy atom. The molecule has 5 heteroatoms. The van der Waals surface area contributed by atoms with Gasteiger partial charge in [0.25, 0.3) is 5.91 Å². The average Bonchev–Trinajstić information content (AvgIpc) is 3.06. The lowest BCUT2D eigenvalue weighted by Crippen LogP contribution is -2.31. The number of hydrogen-bond donors (Lipinski definition) is 0. The maximum atomic E-state index is 13.8. The number of fused-ring (bicyclic) bond motifs is 2. The molecule has 0 fully saturated rings. The highest BCUT2D eigenvalue weighted by Gasteiger charge is 2.42. The summed E-state index contributed by atoms with van der Waals surface area (Å²) in [5, 5.41) is 0.147. The van der Waals surface area contributed by atoms with Crippen molar-refractivity contribution in [2.24, 2.45) is 0 Å². The molecule has 0 spiro atoms. The van der Waals surface area contributed by atoms with Gasteiger partial charge in [-0.1, -0.05) is 60.2 Å². The zero-order valence-corrected chi connectivity index (χ0v) is 17.0. The van der Waals surface area contributed by atoms with E-state index >= 15 is 0 Å². The minimum atomic E-state index is -0.573. The Hall–Kier alpha value is -3.73. The molecule has 1 unspecified atom stereocenters. The van der Waals surface area contributed by atoms with E-state index in [1.807, 2.05) is 61.5 Å². The van der Waals surface area contributed by atoms with Gasteiger partial charge in [-0.05, 0) is 42.7 Å².